The molecule has 4 rings (SSSR count). The van der Waals surface area contributed by atoms with Crippen molar-refractivity contribution in [2.24, 2.45) is 5.84 Å². The summed E-state index contributed by atoms with van der Waals surface area (Å²) in [5.41, 5.74) is 6.97. The van der Waals surface area contributed by atoms with Crippen LogP contribution in [0.25, 0.3) is 11.4 Å². The van der Waals surface area contributed by atoms with Crippen LogP contribution in [0, 0.1) is 0 Å². The predicted molar refractivity (Wildman–Crippen MR) is 105 cm³/mol. The number of nitrogens with one attached hydrogen (secondary N) is 1. The molecule has 0 aliphatic heterocycles. The number of rotatable bonds is 4. The molecule has 0 saturated carbocycles. The third-order valence-electron chi connectivity index (χ3n) is 4.42. The number of anilines is 1. The second-order valence-corrected chi connectivity index (χ2v) is 6.05. The van der Waals surface area contributed by atoms with Crippen molar-refractivity contribution < 1.29 is 0 Å². The van der Waals surface area contributed by atoms with E-state index >= 15 is 0 Å². The molecule has 0 unspecified atom stereocenters. The highest BCUT2D eigenvalue weighted by Gasteiger charge is 2.13. The summed E-state index contributed by atoms with van der Waals surface area (Å²) >= 11 is 0. The summed E-state index contributed by atoms with van der Waals surface area (Å²) in [6, 6.07) is 7.88. The zero-order valence-electron chi connectivity index (χ0n) is 15.1. The van der Waals surface area contributed by atoms with E-state index in [2.05, 4.69) is 46.6 Å². The molecule has 134 valence electrons. The van der Waals surface area contributed by atoms with Crippen LogP contribution in [0.2, 0.25) is 0 Å². The topological polar surface area (TPSA) is 85.8 Å². The van der Waals surface area contributed by atoms with Gasteiger partial charge in [-0.3, -0.25) is 9.99 Å². The first kappa shape index (κ1) is 17.8. The van der Waals surface area contributed by atoms with Gasteiger partial charge in [-0.05, 0) is 36.5 Å². The molecule has 2 aliphatic rings. The minimum absolute atomic E-state index is 0.135. The first-order chi connectivity index (χ1) is 12.7. The number of allylic oxidation sites excluding steroid dienone is 6. The highest BCUT2D eigenvalue weighted by molar-refractivity contribution is 5.61. The lowest BCUT2D eigenvalue weighted by molar-refractivity contribution is 0.686. The van der Waals surface area contributed by atoms with Crippen LogP contribution in [0.4, 0.5) is 5.95 Å². The third-order valence-corrected chi connectivity index (χ3v) is 4.42. The smallest absolute Gasteiger partial charge is 0.292 e. The fourth-order valence-corrected chi connectivity index (χ4v) is 3.04. The number of aromatic nitrogens is 3. The van der Waals surface area contributed by atoms with Crippen LogP contribution >= 0.6 is 0 Å². The van der Waals surface area contributed by atoms with Crippen LogP contribution in [-0.2, 0) is 13.0 Å². The molecule has 3 N–H and O–H groups in total. The Labute approximate surface area is 152 Å². The largest absolute Gasteiger partial charge is 0.352 e. The van der Waals surface area contributed by atoms with Crippen molar-refractivity contribution in [1.82, 2.24) is 14.5 Å². The number of hydrazine groups is 1. The fraction of sp³-hybridized carbons (Fsp3) is 0.250. The molecule has 2 aliphatic carbocycles. The standard InChI is InChI=1S/C13H17N5O.C7H6/c1-3-9-7-5-6-8-10(9)11-15-12(17-14)16-13(19)18(11)4-2;1-2-7-4-3-6(1)5-7/h5-8H,3-4,14H2,1-2H3,(H,16,17,19);1-4H,5H2. The second-order valence-electron chi connectivity index (χ2n) is 6.05. The summed E-state index contributed by atoms with van der Waals surface area (Å²) in [7, 11) is 0. The van der Waals surface area contributed by atoms with Gasteiger partial charge in [0.05, 0.1) is 0 Å². The first-order valence-corrected chi connectivity index (χ1v) is 8.77. The average Bonchev–Trinajstić information content (AvgIpc) is 3.33. The molecular weight excluding hydrogens is 326 g/mol. The Morgan fingerprint density at radius 1 is 1.12 bits per heavy atom. The molecule has 0 fully saturated rings. The Balaban J connectivity index is 0.000000229. The fourth-order valence-electron chi connectivity index (χ4n) is 3.04. The Bertz CT molecular complexity index is 933. The van der Waals surface area contributed by atoms with Gasteiger partial charge in [0.2, 0.25) is 5.95 Å². The zero-order chi connectivity index (χ0) is 18.5. The van der Waals surface area contributed by atoms with Gasteiger partial charge in [-0.25, -0.2) is 10.6 Å². The SMILES string of the molecule is C1=CC2=CC=C1C2.CCc1ccccc1-c1nc(NN)nc(=O)n1CC. The Kier molecular flexibility index (Phi) is 5.43. The maximum atomic E-state index is 11.9. The van der Waals surface area contributed by atoms with Crippen LogP contribution in [0.15, 0.2) is 64.5 Å². The van der Waals surface area contributed by atoms with Gasteiger partial charge in [0, 0.05) is 12.1 Å². The van der Waals surface area contributed by atoms with E-state index in [4.69, 9.17) is 5.84 Å². The van der Waals surface area contributed by atoms with Crippen molar-refractivity contribution in [3.05, 3.63) is 75.8 Å². The van der Waals surface area contributed by atoms with Crippen LogP contribution < -0.4 is 17.0 Å². The van der Waals surface area contributed by atoms with Crippen LogP contribution in [0.5, 0.6) is 0 Å². The molecule has 1 heterocycles. The Hall–Kier alpha value is -2.99. The number of hydrogen-bond donors (Lipinski definition) is 2. The van der Waals surface area contributed by atoms with Gasteiger partial charge in [-0.15, -0.1) is 0 Å². The van der Waals surface area contributed by atoms with E-state index in [0.717, 1.165) is 17.5 Å². The Morgan fingerprint density at radius 2 is 1.81 bits per heavy atom. The monoisotopic (exact) mass is 349 g/mol. The molecule has 0 spiro atoms. The maximum Gasteiger partial charge on any atom is 0.352 e. The van der Waals surface area contributed by atoms with E-state index in [9.17, 15) is 4.79 Å². The van der Waals surface area contributed by atoms with Crippen LogP contribution in [-0.4, -0.2) is 14.5 Å². The minimum atomic E-state index is -0.355. The number of aryl methyl sites for hydroxylation is 1. The van der Waals surface area contributed by atoms with Crippen LogP contribution in [0.3, 0.4) is 0 Å². The van der Waals surface area contributed by atoms with Crippen molar-refractivity contribution in [3.8, 4) is 11.4 Å². The molecule has 26 heavy (non-hydrogen) atoms. The number of fused-ring (bicyclic) bond motifs is 2. The summed E-state index contributed by atoms with van der Waals surface area (Å²) < 4.78 is 1.54. The van der Waals surface area contributed by atoms with E-state index < -0.39 is 0 Å². The summed E-state index contributed by atoms with van der Waals surface area (Å²) in [6.45, 7) is 4.46. The molecule has 6 heteroatoms. The molecule has 0 atom stereocenters. The van der Waals surface area contributed by atoms with Gasteiger partial charge in [-0.2, -0.15) is 9.97 Å². The van der Waals surface area contributed by atoms with E-state index in [-0.39, 0.29) is 11.6 Å². The molecule has 0 radical (unpaired) electrons. The normalized spacial score (nSPS) is 13.8. The molecule has 6 nitrogen and oxygen atoms in total. The number of hydrogen-bond acceptors (Lipinski definition) is 5. The lowest BCUT2D eigenvalue weighted by Crippen LogP contribution is -2.28. The summed E-state index contributed by atoms with van der Waals surface area (Å²) in [5.74, 6) is 6.03. The van der Waals surface area contributed by atoms with Crippen molar-refractivity contribution >= 4 is 5.95 Å². The van der Waals surface area contributed by atoms with Gasteiger partial charge in [0.25, 0.3) is 0 Å². The van der Waals surface area contributed by atoms with Crippen molar-refractivity contribution in [1.29, 1.82) is 0 Å². The third kappa shape index (κ3) is 3.65. The average molecular weight is 349 g/mol. The van der Waals surface area contributed by atoms with E-state index in [1.165, 1.54) is 22.1 Å². The second kappa shape index (κ2) is 7.93. The van der Waals surface area contributed by atoms with E-state index in [0.29, 0.717) is 12.4 Å². The Morgan fingerprint density at radius 3 is 2.31 bits per heavy atom. The number of nitrogens with zero attached hydrogens (tertiary/aromatic N) is 3. The minimum Gasteiger partial charge on any atom is -0.292 e. The summed E-state index contributed by atoms with van der Waals surface area (Å²) in [6.07, 6.45) is 10.8. The molecule has 2 aromatic rings. The van der Waals surface area contributed by atoms with Crippen molar-refractivity contribution in [2.45, 2.75) is 33.2 Å². The van der Waals surface area contributed by atoms with Crippen molar-refractivity contribution in [3.63, 3.8) is 0 Å². The quantitative estimate of drug-likeness (QED) is 0.655. The van der Waals surface area contributed by atoms with E-state index in [1.807, 2.05) is 31.2 Å². The lowest BCUT2D eigenvalue weighted by atomic mass is 10.0. The molecular formula is C20H23N5O. The highest BCUT2D eigenvalue weighted by Crippen LogP contribution is 2.27. The number of nitrogens with two attached hydrogens (primary N) is 1. The van der Waals surface area contributed by atoms with Gasteiger partial charge in [0.1, 0.15) is 5.82 Å². The number of nitrogen functional groups attached to an aromatic ring is 1. The van der Waals surface area contributed by atoms with Crippen LogP contribution in [0.1, 0.15) is 25.8 Å². The van der Waals surface area contributed by atoms with Gasteiger partial charge >= 0.3 is 5.69 Å². The lowest BCUT2D eigenvalue weighted by Gasteiger charge is -2.13. The van der Waals surface area contributed by atoms with Gasteiger partial charge < -0.3 is 0 Å². The molecule has 1 aromatic carbocycles. The van der Waals surface area contributed by atoms with Crippen molar-refractivity contribution in [2.75, 3.05) is 5.43 Å². The summed E-state index contributed by atoms with van der Waals surface area (Å²) in [4.78, 5) is 20.0. The molecule has 0 saturated heterocycles. The zero-order valence-corrected chi connectivity index (χ0v) is 15.1. The van der Waals surface area contributed by atoms with E-state index in [1.54, 1.807) is 0 Å². The summed E-state index contributed by atoms with van der Waals surface area (Å²) in [5, 5.41) is 0. The molecule has 2 bridgehead atoms. The van der Waals surface area contributed by atoms with Gasteiger partial charge in [0.15, 0.2) is 0 Å². The predicted octanol–water partition coefficient (Wildman–Crippen LogP) is 2.99. The molecule has 0 amide bonds. The first-order valence-electron chi connectivity index (χ1n) is 8.77. The maximum absolute atomic E-state index is 11.9. The highest BCUT2D eigenvalue weighted by atomic mass is 16.1. The number of benzene rings is 1. The van der Waals surface area contributed by atoms with Gasteiger partial charge in [-0.1, -0.05) is 55.5 Å². The molecule has 1 aromatic heterocycles.